The maximum absolute atomic E-state index is 5.53. The van der Waals surface area contributed by atoms with Gasteiger partial charge in [0.1, 0.15) is 5.75 Å². The molecule has 1 aromatic rings. The first-order chi connectivity index (χ1) is 6.83. The monoisotopic (exact) mass is 291 g/mol. The fraction of sp³-hybridized carbons (Fsp3) is 0.455. The molecule has 0 aliphatic carbocycles. The van der Waals surface area contributed by atoms with Crippen LogP contribution in [0.25, 0.3) is 0 Å². The van der Waals surface area contributed by atoms with Crippen LogP contribution in [0, 0.1) is 0 Å². The second kappa shape index (κ2) is 5.73. The Balaban J connectivity index is 0.00000112. The molecule has 0 fully saturated rings. The van der Waals surface area contributed by atoms with Gasteiger partial charge in [0.05, 0.1) is 6.61 Å². The molecule has 4 heteroatoms. The first-order valence-electron chi connectivity index (χ1n) is 4.96. The van der Waals surface area contributed by atoms with E-state index in [1.54, 1.807) is 0 Å². The van der Waals surface area contributed by atoms with Gasteiger partial charge < -0.3 is 10.5 Å². The molecule has 1 aliphatic heterocycles. The van der Waals surface area contributed by atoms with E-state index in [2.05, 4.69) is 22.0 Å². The zero-order chi connectivity index (χ0) is 9.97. The zero-order valence-corrected chi connectivity index (χ0v) is 10.9. The van der Waals surface area contributed by atoms with Gasteiger partial charge >= 0.3 is 0 Å². The summed E-state index contributed by atoms with van der Waals surface area (Å²) in [6.45, 7) is 1.57. The third-order valence-corrected chi connectivity index (χ3v) is 3.31. The molecule has 1 aromatic carbocycles. The minimum absolute atomic E-state index is 0. The fourth-order valence-corrected chi connectivity index (χ4v) is 2.43. The molecule has 0 atom stereocenters. The third-order valence-electron chi connectivity index (χ3n) is 2.57. The molecule has 84 valence electrons. The first-order valence-corrected chi connectivity index (χ1v) is 5.75. The number of hydrogen-bond acceptors (Lipinski definition) is 2. The number of rotatable bonds is 3. The highest BCUT2D eigenvalue weighted by Crippen LogP contribution is 2.33. The van der Waals surface area contributed by atoms with Gasteiger partial charge in [-0.3, -0.25) is 0 Å². The number of halogens is 2. The van der Waals surface area contributed by atoms with Gasteiger partial charge in [-0.25, -0.2) is 0 Å². The van der Waals surface area contributed by atoms with E-state index in [4.69, 9.17) is 10.5 Å². The van der Waals surface area contributed by atoms with Crippen LogP contribution in [-0.4, -0.2) is 13.2 Å². The Labute approximate surface area is 105 Å². The molecule has 2 nitrogen and oxygen atoms in total. The second-order valence-corrected chi connectivity index (χ2v) is 4.35. The summed E-state index contributed by atoms with van der Waals surface area (Å²) >= 11 is 3.58. The maximum Gasteiger partial charge on any atom is 0.122 e. The van der Waals surface area contributed by atoms with Gasteiger partial charge in [0, 0.05) is 16.5 Å². The summed E-state index contributed by atoms with van der Waals surface area (Å²) in [5.74, 6) is 1.06. The lowest BCUT2D eigenvalue weighted by atomic mass is 10.0. The smallest absolute Gasteiger partial charge is 0.122 e. The summed E-state index contributed by atoms with van der Waals surface area (Å²) in [6.07, 6.45) is 3.12. The van der Waals surface area contributed by atoms with Crippen LogP contribution in [0.2, 0.25) is 0 Å². The molecule has 0 saturated carbocycles. The molecular formula is C11H15BrClNO. The van der Waals surface area contributed by atoms with Crippen molar-refractivity contribution >= 4 is 28.3 Å². The van der Waals surface area contributed by atoms with E-state index in [0.717, 1.165) is 38.2 Å². The van der Waals surface area contributed by atoms with Crippen molar-refractivity contribution < 1.29 is 4.74 Å². The van der Waals surface area contributed by atoms with E-state index in [9.17, 15) is 0 Å². The van der Waals surface area contributed by atoms with Gasteiger partial charge in [0.15, 0.2) is 0 Å². The standard InChI is InChI=1S/C11H14BrNO.ClH/c12-10-3-4-11-9(5-7-14-11)8(10)2-1-6-13;/h3-4H,1-2,5-7,13H2;1H. The molecule has 0 unspecified atom stereocenters. The Kier molecular flexibility index (Phi) is 4.90. The molecule has 1 aliphatic rings. The van der Waals surface area contributed by atoms with E-state index in [1.165, 1.54) is 15.6 Å². The summed E-state index contributed by atoms with van der Waals surface area (Å²) in [4.78, 5) is 0. The lowest BCUT2D eigenvalue weighted by Crippen LogP contribution is -2.02. The maximum atomic E-state index is 5.53. The van der Waals surface area contributed by atoms with Crippen molar-refractivity contribution in [2.24, 2.45) is 5.73 Å². The van der Waals surface area contributed by atoms with Crippen molar-refractivity contribution in [3.05, 3.63) is 27.7 Å². The van der Waals surface area contributed by atoms with Gasteiger partial charge in [-0.15, -0.1) is 12.4 Å². The molecule has 1 heterocycles. The normalized spacial score (nSPS) is 12.9. The van der Waals surface area contributed by atoms with Crippen molar-refractivity contribution in [2.45, 2.75) is 19.3 Å². The topological polar surface area (TPSA) is 35.2 Å². The molecular weight excluding hydrogens is 277 g/mol. The first kappa shape index (κ1) is 12.8. The Morgan fingerprint density at radius 3 is 2.93 bits per heavy atom. The van der Waals surface area contributed by atoms with Gasteiger partial charge in [0.25, 0.3) is 0 Å². The quantitative estimate of drug-likeness (QED) is 0.929. The molecule has 0 radical (unpaired) electrons. The Morgan fingerprint density at radius 1 is 1.40 bits per heavy atom. The fourth-order valence-electron chi connectivity index (χ4n) is 1.86. The van der Waals surface area contributed by atoms with E-state index in [-0.39, 0.29) is 12.4 Å². The van der Waals surface area contributed by atoms with Crippen LogP contribution in [-0.2, 0) is 12.8 Å². The number of hydrogen-bond donors (Lipinski definition) is 1. The van der Waals surface area contributed by atoms with Crippen molar-refractivity contribution in [2.75, 3.05) is 13.2 Å². The molecule has 15 heavy (non-hydrogen) atoms. The average Bonchev–Trinajstić information content (AvgIpc) is 2.64. The summed E-state index contributed by atoms with van der Waals surface area (Å²) in [6, 6.07) is 4.11. The molecule has 0 amide bonds. The van der Waals surface area contributed by atoms with Crippen LogP contribution >= 0.6 is 28.3 Å². The van der Waals surface area contributed by atoms with Gasteiger partial charge in [-0.05, 0) is 37.1 Å². The van der Waals surface area contributed by atoms with Crippen LogP contribution in [0.5, 0.6) is 5.75 Å². The van der Waals surface area contributed by atoms with Gasteiger partial charge in [0.2, 0.25) is 0 Å². The van der Waals surface area contributed by atoms with E-state index >= 15 is 0 Å². The molecule has 0 saturated heterocycles. The minimum atomic E-state index is 0. The lowest BCUT2D eigenvalue weighted by molar-refractivity contribution is 0.357. The van der Waals surface area contributed by atoms with Crippen molar-refractivity contribution in [3.63, 3.8) is 0 Å². The summed E-state index contributed by atoms with van der Waals surface area (Å²) in [7, 11) is 0. The van der Waals surface area contributed by atoms with Crippen molar-refractivity contribution in [1.82, 2.24) is 0 Å². The summed E-state index contributed by atoms with van der Waals surface area (Å²) < 4.78 is 6.71. The Hall–Kier alpha value is -0.250. The highest BCUT2D eigenvalue weighted by molar-refractivity contribution is 9.10. The van der Waals surface area contributed by atoms with E-state index < -0.39 is 0 Å². The van der Waals surface area contributed by atoms with Crippen LogP contribution < -0.4 is 10.5 Å². The highest BCUT2D eigenvalue weighted by Gasteiger charge is 2.17. The van der Waals surface area contributed by atoms with E-state index in [0.29, 0.717) is 0 Å². The van der Waals surface area contributed by atoms with E-state index in [1.807, 2.05) is 6.07 Å². The second-order valence-electron chi connectivity index (χ2n) is 3.49. The number of nitrogens with two attached hydrogens (primary N) is 1. The summed E-state index contributed by atoms with van der Waals surface area (Å²) in [5.41, 5.74) is 8.27. The molecule has 0 aromatic heterocycles. The third kappa shape index (κ3) is 2.65. The number of benzene rings is 1. The molecule has 0 spiro atoms. The molecule has 2 N–H and O–H groups in total. The van der Waals surface area contributed by atoms with Crippen molar-refractivity contribution in [1.29, 1.82) is 0 Å². The predicted octanol–water partition coefficient (Wildman–Crippen LogP) is 2.70. The predicted molar refractivity (Wildman–Crippen MR) is 68.0 cm³/mol. The zero-order valence-electron chi connectivity index (χ0n) is 8.46. The van der Waals surface area contributed by atoms with Crippen LogP contribution in [0.1, 0.15) is 17.5 Å². The lowest BCUT2D eigenvalue weighted by Gasteiger charge is -2.08. The van der Waals surface area contributed by atoms with Gasteiger partial charge in [-0.2, -0.15) is 0 Å². The van der Waals surface area contributed by atoms with Crippen LogP contribution in [0.3, 0.4) is 0 Å². The van der Waals surface area contributed by atoms with Gasteiger partial charge in [-0.1, -0.05) is 15.9 Å². The Morgan fingerprint density at radius 2 is 2.20 bits per heavy atom. The van der Waals surface area contributed by atoms with Crippen LogP contribution in [0.15, 0.2) is 16.6 Å². The SMILES string of the molecule is Cl.NCCCc1c(Br)ccc2c1CCO2. The number of ether oxygens (including phenoxy) is 1. The highest BCUT2D eigenvalue weighted by atomic mass is 79.9. The summed E-state index contributed by atoms with van der Waals surface area (Å²) in [5, 5.41) is 0. The largest absolute Gasteiger partial charge is 0.493 e. The Bertz CT molecular complexity index is 344. The number of fused-ring (bicyclic) bond motifs is 1. The van der Waals surface area contributed by atoms with Crippen molar-refractivity contribution in [3.8, 4) is 5.75 Å². The minimum Gasteiger partial charge on any atom is -0.493 e. The molecule has 0 bridgehead atoms. The molecule has 2 rings (SSSR count). The average molecular weight is 293 g/mol. The van der Waals surface area contributed by atoms with Crippen LogP contribution in [0.4, 0.5) is 0 Å².